The van der Waals surface area contributed by atoms with Crippen LogP contribution in [-0.2, 0) is 11.2 Å². The summed E-state index contributed by atoms with van der Waals surface area (Å²) < 4.78 is 11.5. The van der Waals surface area contributed by atoms with Crippen molar-refractivity contribution in [2.45, 2.75) is 32.8 Å². The number of ether oxygens (including phenoxy) is 2. The first-order valence-electron chi connectivity index (χ1n) is 11.1. The Morgan fingerprint density at radius 3 is 2.60 bits per heavy atom. The summed E-state index contributed by atoms with van der Waals surface area (Å²) in [4.78, 5) is 12.7. The fourth-order valence-electron chi connectivity index (χ4n) is 3.33. The lowest BCUT2D eigenvalue weighted by Crippen LogP contribution is -2.16. The third kappa shape index (κ3) is 7.72. The van der Waals surface area contributed by atoms with Gasteiger partial charge in [-0.15, -0.1) is 0 Å². The zero-order valence-electron chi connectivity index (χ0n) is 19.5. The number of nitriles is 1. The van der Waals surface area contributed by atoms with Crippen LogP contribution in [0.2, 0.25) is 5.02 Å². The van der Waals surface area contributed by atoms with Crippen molar-refractivity contribution in [3.05, 3.63) is 81.9 Å². The number of benzene rings is 3. The molecule has 0 spiro atoms. The van der Waals surface area contributed by atoms with E-state index in [1.54, 1.807) is 42.5 Å². The number of carbonyl (C=O) groups is 1. The fourth-order valence-corrected chi connectivity index (χ4v) is 3.55. The molecule has 0 heterocycles. The lowest BCUT2D eigenvalue weighted by molar-refractivity contribution is -0.115. The number of aliphatic hydroxyl groups is 2. The highest BCUT2D eigenvalue weighted by Gasteiger charge is 2.11. The van der Waals surface area contributed by atoms with Crippen LogP contribution in [0, 0.1) is 25.2 Å². The van der Waals surface area contributed by atoms with Crippen molar-refractivity contribution in [2.24, 2.45) is 0 Å². The number of nitrogens with one attached hydrogen (secondary N) is 1. The van der Waals surface area contributed by atoms with Crippen molar-refractivity contribution in [3.8, 4) is 23.3 Å². The summed E-state index contributed by atoms with van der Waals surface area (Å²) in [5, 5.41) is 30.7. The Morgan fingerprint density at radius 2 is 1.89 bits per heavy atom. The van der Waals surface area contributed by atoms with Crippen LogP contribution in [0.5, 0.6) is 17.2 Å². The Bertz CT molecular complexity index is 1240. The number of rotatable bonds is 10. The third-order valence-corrected chi connectivity index (χ3v) is 5.47. The molecule has 0 saturated heterocycles. The molecule has 0 aliphatic carbocycles. The summed E-state index contributed by atoms with van der Waals surface area (Å²) in [6.07, 6.45) is -0.331. The third-order valence-electron chi connectivity index (χ3n) is 5.25. The van der Waals surface area contributed by atoms with Gasteiger partial charge in [0, 0.05) is 17.1 Å². The average Bonchev–Trinajstić information content (AvgIpc) is 2.82. The van der Waals surface area contributed by atoms with Crippen LogP contribution in [0.25, 0.3) is 0 Å². The topological polar surface area (TPSA) is 112 Å². The quantitative estimate of drug-likeness (QED) is 0.368. The standard InChI is InChI=1S/C27H27ClN2O5/c1-17-3-4-19(12-26(17)35-24-11-20(15-29)10-21(28)14-24)13-27(33)30-25-6-5-23(9-18(25)2)34-8-7-22(32)16-31/h3-6,9-12,14,22,31-32H,7-8,13,16H2,1-2H3,(H,30,33). The van der Waals surface area contributed by atoms with Crippen LogP contribution in [0.3, 0.4) is 0 Å². The van der Waals surface area contributed by atoms with Gasteiger partial charge >= 0.3 is 0 Å². The Hall–Kier alpha value is -3.57. The monoisotopic (exact) mass is 494 g/mol. The molecule has 3 aromatic rings. The predicted molar refractivity (Wildman–Crippen MR) is 134 cm³/mol. The lowest BCUT2D eigenvalue weighted by atomic mass is 10.1. The molecule has 8 heteroatoms. The van der Waals surface area contributed by atoms with Crippen molar-refractivity contribution < 1.29 is 24.5 Å². The highest BCUT2D eigenvalue weighted by Crippen LogP contribution is 2.29. The Labute approximate surface area is 209 Å². The van der Waals surface area contributed by atoms with E-state index in [1.165, 1.54) is 0 Å². The molecule has 3 rings (SSSR count). The fraction of sp³-hybridized carbons (Fsp3) is 0.259. The van der Waals surface area contributed by atoms with Crippen molar-refractivity contribution in [2.75, 3.05) is 18.5 Å². The van der Waals surface area contributed by atoms with Gasteiger partial charge in [-0.1, -0.05) is 23.7 Å². The number of amides is 1. The largest absolute Gasteiger partial charge is 0.493 e. The van der Waals surface area contributed by atoms with E-state index in [0.717, 1.165) is 16.7 Å². The second-order valence-electron chi connectivity index (χ2n) is 8.16. The van der Waals surface area contributed by atoms with Crippen LogP contribution in [0.1, 0.15) is 28.7 Å². The summed E-state index contributed by atoms with van der Waals surface area (Å²) >= 11 is 6.07. The van der Waals surface area contributed by atoms with Crippen molar-refractivity contribution in [1.29, 1.82) is 5.26 Å². The van der Waals surface area contributed by atoms with Gasteiger partial charge in [0.25, 0.3) is 0 Å². The Morgan fingerprint density at radius 1 is 1.09 bits per heavy atom. The number of hydrogen-bond donors (Lipinski definition) is 3. The zero-order chi connectivity index (χ0) is 25.4. The minimum Gasteiger partial charge on any atom is -0.493 e. The SMILES string of the molecule is Cc1cc(OCCC(O)CO)ccc1NC(=O)Cc1ccc(C)c(Oc2cc(Cl)cc(C#N)c2)c1. The first kappa shape index (κ1) is 26.0. The van der Waals surface area contributed by atoms with E-state index in [-0.39, 0.29) is 25.5 Å². The normalized spacial score (nSPS) is 11.4. The summed E-state index contributed by atoms with van der Waals surface area (Å²) in [5.41, 5.74) is 3.55. The lowest BCUT2D eigenvalue weighted by Gasteiger charge is -2.13. The first-order valence-corrected chi connectivity index (χ1v) is 11.5. The number of halogens is 1. The molecule has 0 bridgehead atoms. The van der Waals surface area contributed by atoms with Gasteiger partial charge in [-0.25, -0.2) is 0 Å². The Balaban J connectivity index is 1.63. The molecule has 0 saturated carbocycles. The molecule has 0 aliphatic rings. The van der Waals surface area contributed by atoms with Gasteiger partial charge in [-0.3, -0.25) is 4.79 Å². The molecule has 3 aromatic carbocycles. The molecule has 1 unspecified atom stereocenters. The zero-order valence-corrected chi connectivity index (χ0v) is 20.3. The second kappa shape index (κ2) is 12.2. The van der Waals surface area contributed by atoms with E-state index in [4.69, 9.17) is 31.4 Å². The molecule has 7 nitrogen and oxygen atoms in total. The van der Waals surface area contributed by atoms with Gasteiger partial charge in [-0.2, -0.15) is 5.26 Å². The predicted octanol–water partition coefficient (Wildman–Crippen LogP) is 4.92. The maximum absolute atomic E-state index is 12.7. The minimum absolute atomic E-state index is 0.145. The van der Waals surface area contributed by atoms with Gasteiger partial charge in [-0.05, 0) is 73.0 Å². The van der Waals surface area contributed by atoms with Gasteiger partial charge in [0.15, 0.2) is 0 Å². The molecular formula is C27H27ClN2O5. The number of aliphatic hydroxyl groups excluding tert-OH is 2. The van der Waals surface area contributed by atoms with Gasteiger partial charge in [0.05, 0.1) is 37.4 Å². The average molecular weight is 495 g/mol. The first-order chi connectivity index (χ1) is 16.8. The van der Waals surface area contributed by atoms with E-state index in [1.807, 2.05) is 32.0 Å². The summed E-state index contributed by atoms with van der Waals surface area (Å²) in [5.74, 6) is 1.46. The number of anilines is 1. The van der Waals surface area contributed by atoms with Crippen molar-refractivity contribution >= 4 is 23.2 Å². The summed E-state index contributed by atoms with van der Waals surface area (Å²) in [6.45, 7) is 3.73. The van der Waals surface area contributed by atoms with E-state index < -0.39 is 6.10 Å². The summed E-state index contributed by atoms with van der Waals surface area (Å²) in [6, 6.07) is 17.7. The second-order valence-corrected chi connectivity index (χ2v) is 8.60. The van der Waals surface area contributed by atoms with Crippen LogP contribution >= 0.6 is 11.6 Å². The number of nitrogens with zero attached hydrogens (tertiary/aromatic N) is 1. The molecule has 182 valence electrons. The number of carbonyl (C=O) groups excluding carboxylic acids is 1. The minimum atomic E-state index is -0.803. The van der Waals surface area contributed by atoms with Crippen LogP contribution < -0.4 is 14.8 Å². The number of aryl methyl sites for hydroxylation is 2. The molecule has 0 aliphatic heterocycles. The highest BCUT2D eigenvalue weighted by molar-refractivity contribution is 6.30. The smallest absolute Gasteiger partial charge is 0.228 e. The molecule has 0 aromatic heterocycles. The van der Waals surface area contributed by atoms with E-state index >= 15 is 0 Å². The highest BCUT2D eigenvalue weighted by atomic mass is 35.5. The molecule has 1 amide bonds. The van der Waals surface area contributed by atoms with Crippen molar-refractivity contribution in [3.63, 3.8) is 0 Å². The van der Waals surface area contributed by atoms with E-state index in [2.05, 4.69) is 5.32 Å². The van der Waals surface area contributed by atoms with E-state index in [0.29, 0.717) is 39.9 Å². The molecule has 0 radical (unpaired) electrons. The molecule has 3 N–H and O–H groups in total. The van der Waals surface area contributed by atoms with Gasteiger partial charge in [0.2, 0.25) is 5.91 Å². The summed E-state index contributed by atoms with van der Waals surface area (Å²) in [7, 11) is 0. The Kier molecular flexibility index (Phi) is 9.10. The van der Waals surface area contributed by atoms with Crippen LogP contribution in [0.4, 0.5) is 5.69 Å². The van der Waals surface area contributed by atoms with Gasteiger partial charge < -0.3 is 25.0 Å². The van der Waals surface area contributed by atoms with E-state index in [9.17, 15) is 9.90 Å². The van der Waals surface area contributed by atoms with Crippen LogP contribution in [-0.4, -0.2) is 35.4 Å². The molecule has 0 fully saturated rings. The maximum atomic E-state index is 12.7. The van der Waals surface area contributed by atoms with Crippen molar-refractivity contribution in [1.82, 2.24) is 0 Å². The van der Waals surface area contributed by atoms with Crippen LogP contribution in [0.15, 0.2) is 54.6 Å². The molecular weight excluding hydrogens is 468 g/mol. The maximum Gasteiger partial charge on any atom is 0.228 e. The van der Waals surface area contributed by atoms with Gasteiger partial charge in [0.1, 0.15) is 17.2 Å². The molecule has 35 heavy (non-hydrogen) atoms. The number of hydrogen-bond acceptors (Lipinski definition) is 6. The molecule has 1 atom stereocenters.